The molecule has 2 aromatic carbocycles. The number of anilines is 1. The molecule has 152 valence electrons. The zero-order valence-corrected chi connectivity index (χ0v) is 17.6. The molecule has 0 aliphatic heterocycles. The van der Waals surface area contributed by atoms with E-state index in [1.54, 1.807) is 0 Å². The number of nitrogens with zero attached hydrogens (tertiary/aromatic N) is 3. The summed E-state index contributed by atoms with van der Waals surface area (Å²) in [5, 5.41) is 12.0. The number of amides is 1. The average Bonchev–Trinajstić information content (AvgIpc) is 3.09. The number of hydrogen-bond donors (Lipinski definition) is 1. The number of rotatable bonds is 8. The van der Waals surface area contributed by atoms with Crippen LogP contribution >= 0.6 is 23.4 Å². The van der Waals surface area contributed by atoms with Crippen LogP contribution in [0.5, 0.6) is 5.75 Å². The van der Waals surface area contributed by atoms with Gasteiger partial charge in [-0.25, -0.2) is 4.39 Å². The van der Waals surface area contributed by atoms with Crippen molar-refractivity contribution in [2.45, 2.75) is 32.2 Å². The lowest BCUT2D eigenvalue weighted by Gasteiger charge is -2.10. The number of ether oxygens (including phenoxy) is 1. The van der Waals surface area contributed by atoms with Gasteiger partial charge in [0.25, 0.3) is 0 Å². The summed E-state index contributed by atoms with van der Waals surface area (Å²) in [6.07, 6.45) is 0. The lowest BCUT2D eigenvalue weighted by molar-refractivity contribution is -0.113. The Hall–Kier alpha value is -2.58. The van der Waals surface area contributed by atoms with E-state index < -0.39 is 5.82 Å². The normalized spacial score (nSPS) is 10.8. The lowest BCUT2D eigenvalue weighted by atomic mass is 10.2. The molecular formula is C20H20ClFN4O2S. The molecule has 3 rings (SSSR count). The average molecular weight is 435 g/mol. The molecule has 0 unspecified atom stereocenters. The van der Waals surface area contributed by atoms with Gasteiger partial charge in [0, 0.05) is 12.2 Å². The predicted octanol–water partition coefficient (Wildman–Crippen LogP) is 4.71. The van der Waals surface area contributed by atoms with Crippen molar-refractivity contribution in [3.8, 4) is 5.75 Å². The molecular weight excluding hydrogens is 415 g/mol. The summed E-state index contributed by atoms with van der Waals surface area (Å²) < 4.78 is 20.6. The van der Waals surface area contributed by atoms with Gasteiger partial charge < -0.3 is 14.6 Å². The molecule has 0 bridgehead atoms. The molecule has 0 atom stereocenters. The Labute approximate surface area is 177 Å². The van der Waals surface area contributed by atoms with Gasteiger partial charge in [0.1, 0.15) is 18.2 Å². The Bertz CT molecular complexity index is 1010. The molecule has 0 saturated carbocycles. The third-order valence-electron chi connectivity index (χ3n) is 4.11. The van der Waals surface area contributed by atoms with Gasteiger partial charge >= 0.3 is 0 Å². The Kier molecular flexibility index (Phi) is 7.11. The van der Waals surface area contributed by atoms with Crippen molar-refractivity contribution in [3.63, 3.8) is 0 Å². The number of benzene rings is 2. The molecule has 3 aromatic rings. The minimum absolute atomic E-state index is 0.120. The Morgan fingerprint density at radius 1 is 1.28 bits per heavy atom. The highest BCUT2D eigenvalue weighted by Gasteiger charge is 2.15. The van der Waals surface area contributed by atoms with Gasteiger partial charge in [0.15, 0.2) is 11.0 Å². The van der Waals surface area contributed by atoms with E-state index in [1.165, 1.54) is 30.0 Å². The highest BCUT2D eigenvalue weighted by atomic mass is 35.5. The summed E-state index contributed by atoms with van der Waals surface area (Å²) in [5.41, 5.74) is 1.79. The molecule has 0 aliphatic rings. The maximum atomic E-state index is 13.1. The molecule has 1 aromatic heterocycles. The molecule has 0 fully saturated rings. The van der Waals surface area contributed by atoms with Crippen molar-refractivity contribution >= 4 is 35.0 Å². The molecule has 0 saturated heterocycles. The molecule has 29 heavy (non-hydrogen) atoms. The number of halogens is 2. The van der Waals surface area contributed by atoms with Crippen LogP contribution in [0.25, 0.3) is 0 Å². The first-order valence-electron chi connectivity index (χ1n) is 8.96. The molecule has 1 N–H and O–H groups in total. The zero-order chi connectivity index (χ0) is 20.8. The van der Waals surface area contributed by atoms with E-state index in [4.69, 9.17) is 16.3 Å². The molecule has 6 nitrogen and oxygen atoms in total. The first kappa shape index (κ1) is 21.1. The van der Waals surface area contributed by atoms with E-state index in [2.05, 4.69) is 15.5 Å². The fraction of sp³-hybridized carbons (Fsp3) is 0.250. The fourth-order valence-electron chi connectivity index (χ4n) is 2.61. The predicted molar refractivity (Wildman–Crippen MR) is 112 cm³/mol. The summed E-state index contributed by atoms with van der Waals surface area (Å²) in [5.74, 6) is 0.615. The number of aromatic nitrogens is 3. The third kappa shape index (κ3) is 5.48. The Morgan fingerprint density at radius 3 is 2.79 bits per heavy atom. The highest BCUT2D eigenvalue weighted by Crippen LogP contribution is 2.26. The van der Waals surface area contributed by atoms with Gasteiger partial charge in [0.05, 0.1) is 10.8 Å². The Morgan fingerprint density at radius 2 is 2.07 bits per heavy atom. The fourth-order valence-corrected chi connectivity index (χ4v) is 3.66. The second-order valence-corrected chi connectivity index (χ2v) is 7.51. The number of hydrogen-bond acceptors (Lipinski definition) is 5. The smallest absolute Gasteiger partial charge is 0.234 e. The van der Waals surface area contributed by atoms with Crippen LogP contribution < -0.4 is 10.1 Å². The van der Waals surface area contributed by atoms with Crippen molar-refractivity contribution in [2.75, 3.05) is 11.1 Å². The first-order valence-corrected chi connectivity index (χ1v) is 10.3. The van der Waals surface area contributed by atoms with Crippen molar-refractivity contribution in [2.24, 2.45) is 0 Å². The molecule has 0 aliphatic carbocycles. The second kappa shape index (κ2) is 9.76. The standard InChI is InChI=1S/C20H20ClFN4O2S/c1-3-26-18(11-28-17-9-8-14(22)10-15(17)21)24-25-20(26)29-12-19(27)23-16-7-5-4-6-13(16)2/h4-10H,3,11-12H2,1-2H3,(H,23,27). The molecule has 1 amide bonds. The van der Waals surface area contributed by atoms with E-state index in [-0.39, 0.29) is 23.3 Å². The van der Waals surface area contributed by atoms with Crippen LogP contribution in [0.4, 0.5) is 10.1 Å². The van der Waals surface area contributed by atoms with Crippen molar-refractivity contribution < 1.29 is 13.9 Å². The van der Waals surface area contributed by atoms with Crippen LogP contribution in [0.2, 0.25) is 5.02 Å². The summed E-state index contributed by atoms with van der Waals surface area (Å²) in [4.78, 5) is 12.3. The Balaban J connectivity index is 1.60. The van der Waals surface area contributed by atoms with Gasteiger partial charge in [-0.2, -0.15) is 0 Å². The molecule has 0 spiro atoms. The van der Waals surface area contributed by atoms with Crippen LogP contribution in [-0.2, 0) is 17.9 Å². The van der Waals surface area contributed by atoms with Crippen LogP contribution in [0, 0.1) is 12.7 Å². The lowest BCUT2D eigenvalue weighted by Crippen LogP contribution is -2.15. The van der Waals surface area contributed by atoms with Gasteiger partial charge in [-0.15, -0.1) is 10.2 Å². The largest absolute Gasteiger partial charge is 0.484 e. The molecule has 0 radical (unpaired) electrons. The van der Waals surface area contributed by atoms with Gasteiger partial charge in [0.2, 0.25) is 5.91 Å². The molecule has 1 heterocycles. The first-order chi connectivity index (χ1) is 14.0. The number of carbonyl (C=O) groups excluding carboxylic acids is 1. The van der Waals surface area contributed by atoms with Gasteiger partial charge in [-0.3, -0.25) is 4.79 Å². The monoisotopic (exact) mass is 434 g/mol. The number of aryl methyl sites for hydroxylation is 1. The zero-order valence-electron chi connectivity index (χ0n) is 16.0. The number of nitrogens with one attached hydrogen (secondary N) is 1. The van der Waals surface area contributed by atoms with Crippen LogP contribution in [0.15, 0.2) is 47.6 Å². The maximum absolute atomic E-state index is 13.1. The van der Waals surface area contributed by atoms with Gasteiger partial charge in [-0.05, 0) is 43.7 Å². The minimum atomic E-state index is -0.429. The van der Waals surface area contributed by atoms with E-state index in [0.717, 1.165) is 11.3 Å². The minimum Gasteiger partial charge on any atom is -0.484 e. The quantitative estimate of drug-likeness (QED) is 0.520. The summed E-state index contributed by atoms with van der Waals surface area (Å²) >= 11 is 7.28. The third-order valence-corrected chi connectivity index (χ3v) is 5.37. The van der Waals surface area contributed by atoms with Gasteiger partial charge in [-0.1, -0.05) is 41.6 Å². The topological polar surface area (TPSA) is 69.0 Å². The number of carbonyl (C=O) groups is 1. The van der Waals surface area contributed by atoms with Crippen molar-refractivity contribution in [1.82, 2.24) is 14.8 Å². The van der Waals surface area contributed by atoms with E-state index in [1.807, 2.05) is 42.7 Å². The van der Waals surface area contributed by atoms with Crippen LogP contribution in [0.3, 0.4) is 0 Å². The van der Waals surface area contributed by atoms with E-state index >= 15 is 0 Å². The highest BCUT2D eigenvalue weighted by molar-refractivity contribution is 7.99. The maximum Gasteiger partial charge on any atom is 0.234 e. The number of para-hydroxylation sites is 1. The van der Waals surface area contributed by atoms with Crippen molar-refractivity contribution in [1.29, 1.82) is 0 Å². The summed E-state index contributed by atoms with van der Waals surface area (Å²) in [7, 11) is 0. The molecule has 9 heteroatoms. The summed E-state index contributed by atoms with van der Waals surface area (Å²) in [6, 6.07) is 11.5. The summed E-state index contributed by atoms with van der Waals surface area (Å²) in [6.45, 7) is 4.64. The SMILES string of the molecule is CCn1c(COc2ccc(F)cc2Cl)nnc1SCC(=O)Nc1ccccc1C. The van der Waals surface area contributed by atoms with Crippen LogP contribution in [0.1, 0.15) is 18.3 Å². The second-order valence-electron chi connectivity index (χ2n) is 6.16. The van der Waals surface area contributed by atoms with E-state index in [9.17, 15) is 9.18 Å². The van der Waals surface area contributed by atoms with Crippen molar-refractivity contribution in [3.05, 3.63) is 64.7 Å². The van der Waals surface area contributed by atoms with E-state index in [0.29, 0.717) is 23.3 Å². The van der Waals surface area contributed by atoms with Crippen LogP contribution in [-0.4, -0.2) is 26.4 Å². The number of thioether (sulfide) groups is 1.